The standard InChI is InChI=1S/C14H14ClNO2S/c1-2-9-6-7-10(19-9)8-18-14(17)11-4-3-5-12(16)13(11)15/h3-7H,2,8,16H2,1H3. The monoisotopic (exact) mass is 295 g/mol. The van der Waals surface area contributed by atoms with E-state index in [1.807, 2.05) is 12.1 Å². The summed E-state index contributed by atoms with van der Waals surface area (Å²) in [5, 5.41) is 0.243. The molecular weight excluding hydrogens is 282 g/mol. The van der Waals surface area contributed by atoms with Gasteiger partial charge in [0.2, 0.25) is 0 Å². The molecule has 3 nitrogen and oxygen atoms in total. The number of hydrogen-bond acceptors (Lipinski definition) is 4. The molecule has 0 saturated carbocycles. The van der Waals surface area contributed by atoms with Gasteiger partial charge in [0, 0.05) is 9.75 Å². The summed E-state index contributed by atoms with van der Waals surface area (Å²) in [6, 6.07) is 8.94. The third-order valence-corrected chi connectivity index (χ3v) is 4.28. The Balaban J connectivity index is 2.03. The van der Waals surface area contributed by atoms with E-state index < -0.39 is 5.97 Å². The number of thiophene rings is 1. The highest BCUT2D eigenvalue weighted by Gasteiger charge is 2.14. The Bertz CT molecular complexity index is 595. The molecule has 0 fully saturated rings. The molecule has 100 valence electrons. The van der Waals surface area contributed by atoms with Crippen molar-refractivity contribution in [1.82, 2.24) is 0 Å². The number of rotatable bonds is 4. The van der Waals surface area contributed by atoms with Gasteiger partial charge in [-0.15, -0.1) is 11.3 Å². The largest absolute Gasteiger partial charge is 0.456 e. The molecule has 1 aromatic carbocycles. The Morgan fingerprint density at radius 3 is 2.74 bits per heavy atom. The molecule has 1 heterocycles. The zero-order chi connectivity index (χ0) is 13.8. The van der Waals surface area contributed by atoms with Gasteiger partial charge in [-0.05, 0) is 30.7 Å². The van der Waals surface area contributed by atoms with Gasteiger partial charge in [0.05, 0.1) is 16.3 Å². The average Bonchev–Trinajstić information content (AvgIpc) is 2.87. The molecule has 2 rings (SSSR count). The number of aryl methyl sites for hydroxylation is 1. The van der Waals surface area contributed by atoms with Crippen molar-refractivity contribution in [2.45, 2.75) is 20.0 Å². The fourth-order valence-corrected chi connectivity index (χ4v) is 2.69. The first-order valence-corrected chi connectivity index (χ1v) is 7.10. The van der Waals surface area contributed by atoms with Crippen LogP contribution in [0.4, 0.5) is 5.69 Å². The molecule has 0 saturated heterocycles. The normalized spacial score (nSPS) is 10.4. The van der Waals surface area contributed by atoms with Gasteiger partial charge in [-0.1, -0.05) is 24.6 Å². The van der Waals surface area contributed by atoms with Crippen molar-refractivity contribution in [3.05, 3.63) is 50.7 Å². The van der Waals surface area contributed by atoms with E-state index in [9.17, 15) is 4.79 Å². The number of hydrogen-bond donors (Lipinski definition) is 1. The van der Waals surface area contributed by atoms with E-state index in [2.05, 4.69) is 6.92 Å². The molecule has 5 heteroatoms. The highest BCUT2D eigenvalue weighted by atomic mass is 35.5. The lowest BCUT2D eigenvalue weighted by Crippen LogP contribution is -2.06. The Morgan fingerprint density at radius 1 is 1.32 bits per heavy atom. The average molecular weight is 296 g/mol. The van der Waals surface area contributed by atoms with Crippen molar-refractivity contribution in [3.63, 3.8) is 0 Å². The van der Waals surface area contributed by atoms with E-state index in [1.165, 1.54) is 4.88 Å². The summed E-state index contributed by atoms with van der Waals surface area (Å²) in [5.74, 6) is -0.455. The summed E-state index contributed by atoms with van der Waals surface area (Å²) >= 11 is 7.62. The molecular formula is C14H14ClNO2S. The number of esters is 1. The summed E-state index contributed by atoms with van der Waals surface area (Å²) in [4.78, 5) is 14.2. The highest BCUT2D eigenvalue weighted by molar-refractivity contribution is 7.11. The van der Waals surface area contributed by atoms with Crippen LogP contribution in [0.15, 0.2) is 30.3 Å². The SMILES string of the molecule is CCc1ccc(COC(=O)c2cccc(N)c2Cl)s1. The van der Waals surface area contributed by atoms with Gasteiger partial charge in [0.25, 0.3) is 0 Å². The molecule has 2 N–H and O–H groups in total. The van der Waals surface area contributed by atoms with Crippen molar-refractivity contribution < 1.29 is 9.53 Å². The number of nitrogen functional groups attached to an aromatic ring is 1. The van der Waals surface area contributed by atoms with Gasteiger partial charge in [-0.2, -0.15) is 0 Å². The molecule has 0 unspecified atom stereocenters. The Labute approximate surface area is 121 Å². The van der Waals surface area contributed by atoms with Crippen molar-refractivity contribution >= 4 is 34.6 Å². The number of ether oxygens (including phenoxy) is 1. The van der Waals surface area contributed by atoms with Crippen LogP contribution in [0.3, 0.4) is 0 Å². The van der Waals surface area contributed by atoms with Crippen LogP contribution in [-0.2, 0) is 17.8 Å². The van der Waals surface area contributed by atoms with Gasteiger partial charge in [0.15, 0.2) is 0 Å². The van der Waals surface area contributed by atoms with Crippen LogP contribution in [0, 0.1) is 0 Å². The highest BCUT2D eigenvalue weighted by Crippen LogP contribution is 2.24. The third kappa shape index (κ3) is 3.28. The van der Waals surface area contributed by atoms with Crippen LogP contribution in [0.25, 0.3) is 0 Å². The van der Waals surface area contributed by atoms with Crippen LogP contribution in [-0.4, -0.2) is 5.97 Å². The zero-order valence-electron chi connectivity index (χ0n) is 10.5. The second-order valence-corrected chi connectivity index (χ2v) is 5.64. The van der Waals surface area contributed by atoms with E-state index >= 15 is 0 Å². The van der Waals surface area contributed by atoms with Gasteiger partial charge in [-0.3, -0.25) is 0 Å². The lowest BCUT2D eigenvalue weighted by Gasteiger charge is -2.06. The Hall–Kier alpha value is -1.52. The van der Waals surface area contributed by atoms with Crippen LogP contribution in [0.1, 0.15) is 27.0 Å². The van der Waals surface area contributed by atoms with Gasteiger partial charge in [0.1, 0.15) is 6.61 Å². The Kier molecular flexibility index (Phi) is 4.45. The number of carbonyl (C=O) groups excluding carboxylic acids is 1. The summed E-state index contributed by atoms with van der Waals surface area (Å²) in [7, 11) is 0. The topological polar surface area (TPSA) is 52.3 Å². The van der Waals surface area contributed by atoms with Crippen LogP contribution in [0.5, 0.6) is 0 Å². The smallest absolute Gasteiger partial charge is 0.340 e. The number of benzene rings is 1. The number of nitrogens with two attached hydrogens (primary N) is 1. The van der Waals surface area contributed by atoms with Crippen molar-refractivity contribution in [1.29, 1.82) is 0 Å². The quantitative estimate of drug-likeness (QED) is 0.687. The molecule has 0 aliphatic carbocycles. The maximum absolute atomic E-state index is 11.9. The van der Waals surface area contributed by atoms with Crippen LogP contribution >= 0.6 is 22.9 Å². The second kappa shape index (κ2) is 6.08. The first-order chi connectivity index (χ1) is 9.11. The molecule has 0 atom stereocenters. The maximum atomic E-state index is 11.9. The molecule has 0 radical (unpaired) electrons. The molecule has 0 aliphatic rings. The van der Waals surface area contributed by atoms with E-state index in [0.29, 0.717) is 11.3 Å². The Morgan fingerprint density at radius 2 is 2.05 bits per heavy atom. The molecule has 1 aromatic heterocycles. The first kappa shape index (κ1) is 13.9. The fourth-order valence-electron chi connectivity index (χ4n) is 1.61. The first-order valence-electron chi connectivity index (χ1n) is 5.90. The molecule has 0 spiro atoms. The molecule has 0 bridgehead atoms. The van der Waals surface area contributed by atoms with Crippen molar-refractivity contribution in [3.8, 4) is 0 Å². The van der Waals surface area contributed by atoms with E-state index in [4.69, 9.17) is 22.1 Å². The number of halogens is 1. The zero-order valence-corrected chi connectivity index (χ0v) is 12.1. The molecule has 0 amide bonds. The third-order valence-electron chi connectivity index (χ3n) is 2.66. The van der Waals surface area contributed by atoms with Crippen LogP contribution < -0.4 is 5.73 Å². The van der Waals surface area contributed by atoms with Gasteiger partial charge in [-0.25, -0.2) is 4.79 Å². The predicted molar refractivity (Wildman–Crippen MR) is 78.7 cm³/mol. The van der Waals surface area contributed by atoms with Crippen LogP contribution in [0.2, 0.25) is 5.02 Å². The van der Waals surface area contributed by atoms with Gasteiger partial charge < -0.3 is 10.5 Å². The van der Waals surface area contributed by atoms with E-state index in [0.717, 1.165) is 11.3 Å². The van der Waals surface area contributed by atoms with E-state index in [-0.39, 0.29) is 11.6 Å². The molecule has 19 heavy (non-hydrogen) atoms. The second-order valence-electron chi connectivity index (χ2n) is 4.01. The lowest BCUT2D eigenvalue weighted by atomic mass is 10.2. The molecule has 0 aliphatic heterocycles. The summed E-state index contributed by atoms with van der Waals surface area (Å²) < 4.78 is 5.24. The van der Waals surface area contributed by atoms with Crippen molar-refractivity contribution in [2.24, 2.45) is 0 Å². The maximum Gasteiger partial charge on any atom is 0.340 e. The van der Waals surface area contributed by atoms with E-state index in [1.54, 1.807) is 29.5 Å². The summed E-state index contributed by atoms with van der Waals surface area (Å²) in [6.07, 6.45) is 0.986. The summed E-state index contributed by atoms with van der Waals surface area (Å²) in [6.45, 7) is 2.35. The van der Waals surface area contributed by atoms with Gasteiger partial charge >= 0.3 is 5.97 Å². The minimum Gasteiger partial charge on any atom is -0.456 e. The fraction of sp³-hybridized carbons (Fsp3) is 0.214. The number of carbonyl (C=O) groups is 1. The minimum atomic E-state index is -0.455. The summed E-state index contributed by atoms with van der Waals surface area (Å²) in [5.41, 5.74) is 6.32. The number of anilines is 1. The molecule has 2 aromatic rings. The predicted octanol–water partition coefficient (Wildman–Crippen LogP) is 3.90. The van der Waals surface area contributed by atoms with Crippen molar-refractivity contribution in [2.75, 3.05) is 5.73 Å². The minimum absolute atomic E-state index is 0.243. The lowest BCUT2D eigenvalue weighted by molar-refractivity contribution is 0.0477.